The monoisotopic (exact) mass is 440 g/mol. The number of nitriles is 1. The summed E-state index contributed by atoms with van der Waals surface area (Å²) in [5.74, 6) is 1.02. The summed E-state index contributed by atoms with van der Waals surface area (Å²) in [6.07, 6.45) is 3.28. The number of hydrogen-bond acceptors (Lipinski definition) is 3. The zero-order valence-electron chi connectivity index (χ0n) is 13.7. The minimum Gasteiger partial charge on any atom is -0.370 e. The van der Waals surface area contributed by atoms with Gasteiger partial charge in [0.2, 0.25) is 0 Å². The molecule has 124 valence electrons. The van der Waals surface area contributed by atoms with Gasteiger partial charge in [0.05, 0.1) is 16.9 Å². The van der Waals surface area contributed by atoms with Crippen molar-refractivity contribution in [2.45, 2.75) is 19.3 Å². The first-order valence-electron chi connectivity index (χ1n) is 8.39. The van der Waals surface area contributed by atoms with Crippen molar-refractivity contribution in [3.05, 3.63) is 63.2 Å². The Morgan fingerprint density at radius 2 is 2.00 bits per heavy atom. The summed E-state index contributed by atoms with van der Waals surface area (Å²) in [5.41, 5.74) is 4.84. The van der Waals surface area contributed by atoms with Crippen LogP contribution in [0.25, 0.3) is 16.9 Å². The number of benzene rings is 2. The summed E-state index contributed by atoms with van der Waals surface area (Å²) in [4.78, 5) is 0. The molecule has 1 aromatic heterocycles. The van der Waals surface area contributed by atoms with E-state index >= 15 is 0 Å². The molecule has 0 radical (unpaired) electrons. The highest BCUT2D eigenvalue weighted by atomic mass is 127. The average molecular weight is 440 g/mol. The van der Waals surface area contributed by atoms with E-state index in [9.17, 15) is 5.26 Å². The summed E-state index contributed by atoms with van der Waals surface area (Å²) in [7, 11) is 0. The number of halogens is 1. The molecule has 0 bridgehead atoms. The van der Waals surface area contributed by atoms with Gasteiger partial charge in [0.25, 0.3) is 0 Å². The van der Waals surface area contributed by atoms with Crippen LogP contribution in [-0.4, -0.2) is 16.3 Å². The SMILES string of the molecule is N#Cc1ccccc1-n1nc(-c2cccc(I)c2)c2c1NCCCC2. The van der Waals surface area contributed by atoms with Crippen molar-refractivity contribution < 1.29 is 0 Å². The normalized spacial score (nSPS) is 13.4. The highest BCUT2D eigenvalue weighted by molar-refractivity contribution is 14.1. The fourth-order valence-corrected chi connectivity index (χ4v) is 3.84. The van der Waals surface area contributed by atoms with Gasteiger partial charge in [-0.05, 0) is 66.1 Å². The third-order valence-electron chi connectivity index (χ3n) is 4.48. The molecule has 5 heteroatoms. The maximum Gasteiger partial charge on any atom is 0.133 e. The van der Waals surface area contributed by atoms with Gasteiger partial charge in [-0.1, -0.05) is 24.3 Å². The lowest BCUT2D eigenvalue weighted by Gasteiger charge is -2.10. The molecule has 3 aromatic rings. The molecule has 0 saturated carbocycles. The van der Waals surface area contributed by atoms with Crippen molar-refractivity contribution in [1.29, 1.82) is 5.26 Å². The van der Waals surface area contributed by atoms with Gasteiger partial charge in [-0.2, -0.15) is 10.4 Å². The number of fused-ring (bicyclic) bond motifs is 1. The minimum atomic E-state index is 0.632. The van der Waals surface area contributed by atoms with Gasteiger partial charge in [-0.3, -0.25) is 0 Å². The van der Waals surface area contributed by atoms with Crippen LogP contribution in [0.2, 0.25) is 0 Å². The number of rotatable bonds is 2. The topological polar surface area (TPSA) is 53.6 Å². The van der Waals surface area contributed by atoms with Crippen LogP contribution in [0, 0.1) is 14.9 Å². The largest absolute Gasteiger partial charge is 0.370 e. The highest BCUT2D eigenvalue weighted by Gasteiger charge is 2.22. The molecular formula is C20H17IN4. The predicted octanol–water partition coefficient (Wildman–Crippen LogP) is 4.76. The van der Waals surface area contributed by atoms with Gasteiger partial charge >= 0.3 is 0 Å². The standard InChI is InChI=1S/C20H17IN4/c21-16-8-5-7-14(12-16)19-17-9-3-4-11-23-20(17)25(24-19)18-10-2-1-6-15(18)13-22/h1-2,5-8,10,12,23H,3-4,9,11H2. The lowest BCUT2D eigenvalue weighted by atomic mass is 10.0. The molecule has 0 saturated heterocycles. The van der Waals surface area contributed by atoms with Gasteiger partial charge in [0.15, 0.2) is 0 Å². The van der Waals surface area contributed by atoms with E-state index in [1.807, 2.05) is 28.9 Å². The van der Waals surface area contributed by atoms with Crippen molar-refractivity contribution in [3.63, 3.8) is 0 Å². The second-order valence-electron chi connectivity index (χ2n) is 6.11. The number of nitrogens with one attached hydrogen (secondary N) is 1. The third kappa shape index (κ3) is 3.02. The first kappa shape index (κ1) is 16.2. The summed E-state index contributed by atoms with van der Waals surface area (Å²) in [5, 5.41) is 17.9. The zero-order valence-corrected chi connectivity index (χ0v) is 15.8. The minimum absolute atomic E-state index is 0.632. The fraction of sp³-hybridized carbons (Fsp3) is 0.200. The van der Waals surface area contributed by atoms with Gasteiger partial charge in [-0.25, -0.2) is 4.68 Å². The van der Waals surface area contributed by atoms with Crippen LogP contribution in [0.4, 0.5) is 5.82 Å². The molecule has 2 heterocycles. The quantitative estimate of drug-likeness (QED) is 0.585. The summed E-state index contributed by atoms with van der Waals surface area (Å²) in [6.45, 7) is 0.930. The van der Waals surface area contributed by atoms with E-state index in [4.69, 9.17) is 5.10 Å². The summed E-state index contributed by atoms with van der Waals surface area (Å²) in [6, 6.07) is 18.3. The second-order valence-corrected chi connectivity index (χ2v) is 7.36. The molecule has 0 atom stereocenters. The predicted molar refractivity (Wildman–Crippen MR) is 108 cm³/mol. The van der Waals surface area contributed by atoms with Crippen LogP contribution >= 0.6 is 22.6 Å². The number of aromatic nitrogens is 2. The Balaban J connectivity index is 1.96. The smallest absolute Gasteiger partial charge is 0.133 e. The van der Waals surface area contributed by atoms with Crippen LogP contribution < -0.4 is 5.32 Å². The van der Waals surface area contributed by atoms with E-state index < -0.39 is 0 Å². The number of para-hydroxylation sites is 1. The Morgan fingerprint density at radius 1 is 1.12 bits per heavy atom. The summed E-state index contributed by atoms with van der Waals surface area (Å²) < 4.78 is 3.10. The maximum absolute atomic E-state index is 9.49. The molecule has 1 aliphatic rings. The molecule has 1 aliphatic heterocycles. The first-order valence-corrected chi connectivity index (χ1v) is 9.47. The van der Waals surface area contributed by atoms with E-state index in [1.165, 1.54) is 9.13 Å². The first-order chi connectivity index (χ1) is 12.3. The van der Waals surface area contributed by atoms with Gasteiger partial charge in [-0.15, -0.1) is 0 Å². The van der Waals surface area contributed by atoms with Crippen molar-refractivity contribution in [2.24, 2.45) is 0 Å². The molecule has 2 aromatic carbocycles. The molecular weight excluding hydrogens is 423 g/mol. The Kier molecular flexibility index (Phi) is 4.45. The van der Waals surface area contributed by atoms with Crippen LogP contribution in [0.1, 0.15) is 24.0 Å². The third-order valence-corrected chi connectivity index (χ3v) is 5.15. The van der Waals surface area contributed by atoms with Crippen molar-refractivity contribution in [1.82, 2.24) is 9.78 Å². The lowest BCUT2D eigenvalue weighted by molar-refractivity contribution is 0.780. The molecule has 0 spiro atoms. The molecule has 25 heavy (non-hydrogen) atoms. The van der Waals surface area contributed by atoms with E-state index in [0.29, 0.717) is 5.56 Å². The molecule has 4 rings (SSSR count). The lowest BCUT2D eigenvalue weighted by Crippen LogP contribution is -2.08. The number of nitrogens with zero attached hydrogens (tertiary/aromatic N) is 3. The molecule has 1 N–H and O–H groups in total. The second kappa shape index (κ2) is 6.89. The Hall–Kier alpha value is -2.33. The number of anilines is 1. The average Bonchev–Trinajstić information content (AvgIpc) is 2.82. The van der Waals surface area contributed by atoms with E-state index in [-0.39, 0.29) is 0 Å². The summed E-state index contributed by atoms with van der Waals surface area (Å²) >= 11 is 2.33. The van der Waals surface area contributed by atoms with Gasteiger partial charge < -0.3 is 5.32 Å². The molecule has 0 aliphatic carbocycles. The molecule has 4 nitrogen and oxygen atoms in total. The van der Waals surface area contributed by atoms with Crippen molar-refractivity contribution in [3.8, 4) is 23.0 Å². The molecule has 0 amide bonds. The van der Waals surface area contributed by atoms with Crippen molar-refractivity contribution >= 4 is 28.4 Å². The van der Waals surface area contributed by atoms with Crippen molar-refractivity contribution in [2.75, 3.05) is 11.9 Å². The van der Waals surface area contributed by atoms with Crippen LogP contribution in [0.15, 0.2) is 48.5 Å². The Labute approximate surface area is 160 Å². The zero-order chi connectivity index (χ0) is 17.2. The Bertz CT molecular complexity index is 968. The highest BCUT2D eigenvalue weighted by Crippen LogP contribution is 2.34. The molecule has 0 unspecified atom stereocenters. The van der Waals surface area contributed by atoms with Gasteiger partial charge in [0.1, 0.15) is 11.9 Å². The number of hydrogen-bond donors (Lipinski definition) is 1. The maximum atomic E-state index is 9.49. The van der Waals surface area contributed by atoms with Crippen LogP contribution in [-0.2, 0) is 6.42 Å². The van der Waals surface area contributed by atoms with Crippen LogP contribution in [0.5, 0.6) is 0 Å². The Morgan fingerprint density at radius 3 is 2.84 bits per heavy atom. The molecule has 0 fully saturated rings. The fourth-order valence-electron chi connectivity index (χ4n) is 3.30. The van der Waals surface area contributed by atoms with E-state index in [2.05, 4.69) is 58.2 Å². The van der Waals surface area contributed by atoms with E-state index in [1.54, 1.807) is 0 Å². The van der Waals surface area contributed by atoms with Gasteiger partial charge in [0, 0.05) is 21.2 Å². The van der Waals surface area contributed by atoms with Crippen LogP contribution in [0.3, 0.4) is 0 Å². The van der Waals surface area contributed by atoms with E-state index in [0.717, 1.165) is 48.6 Å².